The van der Waals surface area contributed by atoms with Crippen molar-refractivity contribution in [1.29, 1.82) is 0 Å². The van der Waals surface area contributed by atoms with Crippen molar-refractivity contribution in [2.45, 2.75) is 6.92 Å². The van der Waals surface area contributed by atoms with Crippen molar-refractivity contribution in [3.05, 3.63) is 87.4 Å². The smallest absolute Gasteiger partial charge is 0.264 e. The molecule has 0 amide bonds. The molecule has 0 spiro atoms. The highest BCUT2D eigenvalue weighted by Gasteiger charge is 2.14. The van der Waals surface area contributed by atoms with Gasteiger partial charge in [0.1, 0.15) is 11.3 Å². The van der Waals surface area contributed by atoms with Crippen LogP contribution in [-0.2, 0) is 0 Å². The number of hydrogen-bond donors (Lipinski definition) is 2. The summed E-state index contributed by atoms with van der Waals surface area (Å²) in [4.78, 5) is 19.4. The lowest BCUT2D eigenvalue weighted by Crippen LogP contribution is -2.18. The summed E-state index contributed by atoms with van der Waals surface area (Å²) in [6.45, 7) is 2.49. The van der Waals surface area contributed by atoms with Crippen LogP contribution in [0, 0.1) is 4.77 Å². The van der Waals surface area contributed by atoms with Crippen LogP contribution in [-0.4, -0.2) is 27.5 Å². The fraction of sp³-hybridized carbons (Fsp3) is 0.0870. The predicted molar refractivity (Wildman–Crippen MR) is 121 cm³/mol. The number of fused-ring (bicyclic) bond motifs is 1. The molecule has 0 saturated heterocycles. The van der Waals surface area contributed by atoms with Gasteiger partial charge < -0.3 is 9.84 Å². The molecule has 0 saturated carbocycles. The van der Waals surface area contributed by atoms with E-state index in [0.717, 1.165) is 16.5 Å². The largest absolute Gasteiger partial charge is 0.494 e. The third-order valence-electron chi connectivity index (χ3n) is 4.62. The van der Waals surface area contributed by atoms with Crippen LogP contribution < -0.4 is 10.3 Å². The molecule has 0 radical (unpaired) electrons. The quantitative estimate of drug-likeness (QED) is 0.357. The molecule has 7 heteroatoms. The van der Waals surface area contributed by atoms with Crippen LogP contribution >= 0.6 is 12.2 Å². The average molecular weight is 417 g/mol. The van der Waals surface area contributed by atoms with Crippen molar-refractivity contribution in [3.63, 3.8) is 0 Å². The number of aromatic nitrogens is 2. The summed E-state index contributed by atoms with van der Waals surface area (Å²) in [5.74, 6) is 0.469. The standard InChI is InChI=1S/C23H19N3O3S/c1-2-29-17-12-10-16(11-13-17)24-14-19-21(27)25-23(30)26(22(19)28)20-9-5-7-15-6-3-4-8-18(15)20/h3-14,28H,2H2,1H3,(H,25,27,30). The van der Waals surface area contributed by atoms with E-state index in [2.05, 4.69) is 9.98 Å². The maximum atomic E-state index is 12.5. The predicted octanol–water partition coefficient (Wildman–Crippen LogP) is 4.90. The number of rotatable bonds is 5. The molecule has 4 rings (SSSR count). The maximum absolute atomic E-state index is 12.5. The summed E-state index contributed by atoms with van der Waals surface area (Å²) in [6.07, 6.45) is 1.33. The Balaban J connectivity index is 1.81. The van der Waals surface area contributed by atoms with Crippen LogP contribution in [0.1, 0.15) is 12.5 Å². The van der Waals surface area contributed by atoms with E-state index in [1.807, 2.05) is 49.4 Å². The second kappa shape index (κ2) is 8.34. The van der Waals surface area contributed by atoms with E-state index in [4.69, 9.17) is 17.0 Å². The average Bonchev–Trinajstić information content (AvgIpc) is 2.75. The number of aromatic amines is 1. The Bertz CT molecular complexity index is 1350. The first kappa shape index (κ1) is 19.6. The highest BCUT2D eigenvalue weighted by atomic mass is 32.1. The van der Waals surface area contributed by atoms with Gasteiger partial charge in [-0.15, -0.1) is 0 Å². The van der Waals surface area contributed by atoms with Gasteiger partial charge >= 0.3 is 0 Å². The lowest BCUT2D eigenvalue weighted by molar-refractivity contribution is 0.340. The maximum Gasteiger partial charge on any atom is 0.264 e. The topological polar surface area (TPSA) is 79.6 Å². The molecule has 0 aliphatic rings. The van der Waals surface area contributed by atoms with E-state index >= 15 is 0 Å². The van der Waals surface area contributed by atoms with Gasteiger partial charge in [-0.2, -0.15) is 0 Å². The first-order valence-corrected chi connectivity index (χ1v) is 9.82. The van der Waals surface area contributed by atoms with Crippen molar-refractivity contribution in [3.8, 4) is 17.3 Å². The van der Waals surface area contributed by atoms with Gasteiger partial charge in [0.2, 0.25) is 5.88 Å². The van der Waals surface area contributed by atoms with Crippen LogP contribution in [0.4, 0.5) is 5.69 Å². The number of nitrogens with zero attached hydrogens (tertiary/aromatic N) is 2. The fourth-order valence-electron chi connectivity index (χ4n) is 3.22. The number of ether oxygens (including phenoxy) is 1. The number of aliphatic imine (C=N–C) groups is 1. The van der Waals surface area contributed by atoms with E-state index in [1.54, 1.807) is 24.3 Å². The summed E-state index contributed by atoms with van der Waals surface area (Å²) in [5.41, 5.74) is 0.799. The Labute approximate surface area is 177 Å². The summed E-state index contributed by atoms with van der Waals surface area (Å²) in [7, 11) is 0. The number of hydrogen-bond acceptors (Lipinski definition) is 5. The first-order valence-electron chi connectivity index (χ1n) is 9.42. The Morgan fingerprint density at radius 1 is 1.10 bits per heavy atom. The zero-order valence-electron chi connectivity index (χ0n) is 16.2. The van der Waals surface area contributed by atoms with Crippen molar-refractivity contribution in [1.82, 2.24) is 9.55 Å². The second-order valence-corrected chi connectivity index (χ2v) is 6.90. The molecule has 0 aliphatic carbocycles. The lowest BCUT2D eigenvalue weighted by atomic mass is 10.1. The molecular formula is C23H19N3O3S. The van der Waals surface area contributed by atoms with Gasteiger partial charge in [0.05, 0.1) is 18.0 Å². The van der Waals surface area contributed by atoms with Crippen LogP contribution in [0.15, 0.2) is 76.5 Å². The minimum absolute atomic E-state index is 0.0189. The van der Waals surface area contributed by atoms with E-state index in [9.17, 15) is 9.90 Å². The van der Waals surface area contributed by atoms with Gasteiger partial charge in [0.15, 0.2) is 4.77 Å². The van der Waals surface area contributed by atoms with Gasteiger partial charge in [0.25, 0.3) is 5.56 Å². The van der Waals surface area contributed by atoms with Crippen LogP contribution in [0.25, 0.3) is 16.5 Å². The molecule has 30 heavy (non-hydrogen) atoms. The summed E-state index contributed by atoms with van der Waals surface area (Å²) in [6, 6.07) is 20.6. The Morgan fingerprint density at radius 2 is 1.83 bits per heavy atom. The Kier molecular flexibility index (Phi) is 5.45. The normalized spacial score (nSPS) is 11.2. The third kappa shape index (κ3) is 3.75. The molecule has 2 N–H and O–H groups in total. The minimum atomic E-state index is -0.510. The molecule has 0 unspecified atom stereocenters. The van der Waals surface area contributed by atoms with E-state index in [1.165, 1.54) is 10.8 Å². The molecule has 1 aromatic heterocycles. The number of H-pyrrole nitrogens is 1. The number of aromatic hydroxyl groups is 1. The van der Waals surface area contributed by atoms with Gasteiger partial charge in [-0.3, -0.25) is 19.3 Å². The van der Waals surface area contributed by atoms with Crippen LogP contribution in [0.5, 0.6) is 11.6 Å². The molecule has 3 aromatic carbocycles. The van der Waals surface area contributed by atoms with E-state index in [-0.39, 0.29) is 16.2 Å². The molecular weight excluding hydrogens is 398 g/mol. The first-order chi connectivity index (χ1) is 14.6. The van der Waals surface area contributed by atoms with Crippen molar-refractivity contribution < 1.29 is 9.84 Å². The zero-order chi connectivity index (χ0) is 21.1. The second-order valence-electron chi connectivity index (χ2n) is 6.52. The summed E-state index contributed by atoms with van der Waals surface area (Å²) >= 11 is 5.34. The van der Waals surface area contributed by atoms with Gasteiger partial charge in [-0.05, 0) is 54.9 Å². The number of nitrogens with one attached hydrogen (secondary N) is 1. The molecule has 1 heterocycles. The highest BCUT2D eigenvalue weighted by Crippen LogP contribution is 2.26. The van der Waals surface area contributed by atoms with Gasteiger partial charge in [0, 0.05) is 11.6 Å². The molecule has 0 fully saturated rings. The SMILES string of the molecule is CCOc1ccc(N=Cc2c(O)n(-c3cccc4ccccc34)c(=S)[nH]c2=O)cc1. The summed E-state index contributed by atoms with van der Waals surface area (Å²) in [5, 5.41) is 12.8. The van der Waals surface area contributed by atoms with Gasteiger partial charge in [-0.1, -0.05) is 36.4 Å². The molecule has 0 aliphatic heterocycles. The molecule has 6 nitrogen and oxygen atoms in total. The Morgan fingerprint density at radius 3 is 2.60 bits per heavy atom. The molecule has 0 bridgehead atoms. The zero-order valence-corrected chi connectivity index (χ0v) is 17.0. The van der Waals surface area contributed by atoms with Crippen LogP contribution in [0.3, 0.4) is 0 Å². The lowest BCUT2D eigenvalue weighted by Gasteiger charge is -2.13. The Hall–Kier alpha value is -3.71. The van der Waals surface area contributed by atoms with Gasteiger partial charge in [-0.25, -0.2) is 0 Å². The van der Waals surface area contributed by atoms with E-state index in [0.29, 0.717) is 18.0 Å². The molecule has 0 atom stereocenters. The monoisotopic (exact) mass is 417 g/mol. The minimum Gasteiger partial charge on any atom is -0.494 e. The van der Waals surface area contributed by atoms with Crippen LogP contribution in [0.2, 0.25) is 0 Å². The number of benzene rings is 3. The summed E-state index contributed by atoms with van der Waals surface area (Å²) < 4.78 is 6.96. The fourth-order valence-corrected chi connectivity index (χ4v) is 3.49. The molecule has 150 valence electrons. The highest BCUT2D eigenvalue weighted by molar-refractivity contribution is 7.71. The van der Waals surface area contributed by atoms with Crippen molar-refractivity contribution in [2.75, 3.05) is 6.61 Å². The third-order valence-corrected chi connectivity index (χ3v) is 4.90. The van der Waals surface area contributed by atoms with E-state index < -0.39 is 5.56 Å². The van der Waals surface area contributed by atoms with Crippen molar-refractivity contribution >= 4 is 34.9 Å². The molecule has 4 aromatic rings. The van der Waals surface area contributed by atoms with Crippen molar-refractivity contribution in [2.24, 2.45) is 4.99 Å².